The lowest BCUT2D eigenvalue weighted by molar-refractivity contribution is -0.214. The summed E-state index contributed by atoms with van der Waals surface area (Å²) in [5.74, 6) is 0.356. The SMILES string of the molecule is C=C/C(=C\C=C(/C)NC(=O)NCCCN1C[C@H]2OC[C@@](O)(n3ccc4c(N)ncnc43)[C@@H]2OC1C)C(C)(C)C. The summed E-state index contributed by atoms with van der Waals surface area (Å²) in [5.41, 5.74) is 6.92. The van der Waals surface area contributed by atoms with Gasteiger partial charge < -0.3 is 30.9 Å². The topological polar surface area (TPSA) is 140 Å². The largest absolute Gasteiger partial charge is 0.383 e. The maximum absolute atomic E-state index is 12.3. The molecule has 2 aromatic rings. The zero-order chi connectivity index (χ0) is 28.4. The number of aliphatic hydroxyl groups is 1. The molecule has 0 radical (unpaired) electrons. The van der Waals surface area contributed by atoms with Crippen LogP contribution in [-0.4, -0.2) is 75.2 Å². The average molecular weight is 540 g/mol. The highest BCUT2D eigenvalue weighted by molar-refractivity contribution is 5.86. The molecule has 212 valence electrons. The first-order valence-corrected chi connectivity index (χ1v) is 13.3. The van der Waals surface area contributed by atoms with Crippen LogP contribution in [-0.2, 0) is 15.2 Å². The van der Waals surface area contributed by atoms with Crippen molar-refractivity contribution in [3.8, 4) is 0 Å². The minimum Gasteiger partial charge on any atom is -0.383 e. The molecule has 0 bridgehead atoms. The third kappa shape index (κ3) is 6.17. The summed E-state index contributed by atoms with van der Waals surface area (Å²) in [6.45, 7) is 15.9. The molecule has 2 saturated heterocycles. The Morgan fingerprint density at radius 1 is 1.36 bits per heavy atom. The van der Waals surface area contributed by atoms with Crippen LogP contribution in [0.25, 0.3) is 11.0 Å². The van der Waals surface area contributed by atoms with E-state index in [0.717, 1.165) is 17.7 Å². The first-order chi connectivity index (χ1) is 18.4. The second kappa shape index (κ2) is 11.5. The van der Waals surface area contributed by atoms with Crippen molar-refractivity contribution in [2.24, 2.45) is 5.41 Å². The van der Waals surface area contributed by atoms with Crippen molar-refractivity contribution < 1.29 is 19.4 Å². The number of ether oxygens (including phenoxy) is 2. The molecule has 0 aromatic carbocycles. The highest BCUT2D eigenvalue weighted by atomic mass is 16.6. The number of allylic oxidation sites excluding steroid dienone is 5. The van der Waals surface area contributed by atoms with E-state index >= 15 is 0 Å². The normalized spacial score (nSPS) is 26.5. The molecule has 5 N–H and O–H groups in total. The first-order valence-electron chi connectivity index (χ1n) is 13.3. The van der Waals surface area contributed by atoms with Gasteiger partial charge in [0.05, 0.1) is 12.0 Å². The maximum Gasteiger partial charge on any atom is 0.318 e. The Kier molecular flexibility index (Phi) is 8.45. The van der Waals surface area contributed by atoms with Gasteiger partial charge in [-0.15, -0.1) is 0 Å². The van der Waals surface area contributed by atoms with Crippen molar-refractivity contribution in [1.29, 1.82) is 0 Å². The number of rotatable bonds is 8. The van der Waals surface area contributed by atoms with E-state index in [0.29, 0.717) is 36.5 Å². The molecular weight excluding hydrogens is 498 g/mol. The van der Waals surface area contributed by atoms with Crippen LogP contribution in [0.2, 0.25) is 0 Å². The van der Waals surface area contributed by atoms with Crippen LogP contribution in [0.3, 0.4) is 0 Å². The van der Waals surface area contributed by atoms with Crippen LogP contribution < -0.4 is 16.4 Å². The quantitative estimate of drug-likeness (QED) is 0.297. The minimum atomic E-state index is -1.41. The van der Waals surface area contributed by atoms with Crippen LogP contribution in [0.5, 0.6) is 0 Å². The van der Waals surface area contributed by atoms with Gasteiger partial charge in [0.15, 0.2) is 5.72 Å². The molecule has 0 saturated carbocycles. The number of fused-ring (bicyclic) bond motifs is 2. The summed E-state index contributed by atoms with van der Waals surface area (Å²) in [6.07, 6.45) is 8.43. The van der Waals surface area contributed by atoms with Crippen molar-refractivity contribution in [3.05, 3.63) is 54.7 Å². The molecule has 4 heterocycles. The number of hydrogen-bond donors (Lipinski definition) is 4. The molecule has 2 fully saturated rings. The summed E-state index contributed by atoms with van der Waals surface area (Å²) in [7, 11) is 0. The summed E-state index contributed by atoms with van der Waals surface area (Å²) in [6, 6.07) is 1.54. The van der Waals surface area contributed by atoms with E-state index < -0.39 is 11.8 Å². The molecule has 11 nitrogen and oxygen atoms in total. The third-order valence-electron chi connectivity index (χ3n) is 7.32. The van der Waals surface area contributed by atoms with E-state index in [4.69, 9.17) is 15.2 Å². The molecule has 1 unspecified atom stereocenters. The molecule has 0 spiro atoms. The molecule has 39 heavy (non-hydrogen) atoms. The van der Waals surface area contributed by atoms with Crippen LogP contribution >= 0.6 is 0 Å². The van der Waals surface area contributed by atoms with Gasteiger partial charge in [-0.05, 0) is 43.4 Å². The number of nitrogens with one attached hydrogen (secondary N) is 2. The monoisotopic (exact) mass is 539 g/mol. The lowest BCUT2D eigenvalue weighted by Crippen LogP contribution is -2.58. The zero-order valence-corrected chi connectivity index (χ0v) is 23.5. The molecule has 4 atom stereocenters. The van der Waals surface area contributed by atoms with Gasteiger partial charge in [0.1, 0.15) is 36.2 Å². The number of nitrogens with two attached hydrogens (primary N) is 1. The number of carbonyl (C=O) groups excluding carboxylic acids is 1. The summed E-state index contributed by atoms with van der Waals surface area (Å²) in [5, 5.41) is 18.1. The zero-order valence-electron chi connectivity index (χ0n) is 23.5. The van der Waals surface area contributed by atoms with Crippen molar-refractivity contribution in [1.82, 2.24) is 30.1 Å². The third-order valence-corrected chi connectivity index (χ3v) is 7.32. The molecular formula is C28H41N7O4. The van der Waals surface area contributed by atoms with Gasteiger partial charge in [-0.1, -0.05) is 39.5 Å². The van der Waals surface area contributed by atoms with Crippen molar-refractivity contribution >= 4 is 22.9 Å². The summed E-state index contributed by atoms with van der Waals surface area (Å²) in [4.78, 5) is 22.8. The average Bonchev–Trinajstić information content (AvgIpc) is 3.44. The molecule has 11 heteroatoms. The summed E-state index contributed by atoms with van der Waals surface area (Å²) < 4.78 is 14.0. The predicted octanol–water partition coefficient (Wildman–Crippen LogP) is 2.86. The van der Waals surface area contributed by atoms with Crippen molar-refractivity contribution in [3.63, 3.8) is 0 Å². The fourth-order valence-electron chi connectivity index (χ4n) is 5.07. The minimum absolute atomic E-state index is 0.0154. The highest BCUT2D eigenvalue weighted by Gasteiger charge is 2.55. The molecule has 2 aliphatic rings. The molecule has 0 aliphatic carbocycles. The molecule has 2 aromatic heterocycles. The fourth-order valence-corrected chi connectivity index (χ4v) is 5.07. The Hall–Kier alpha value is -3.25. The Balaban J connectivity index is 1.27. The van der Waals surface area contributed by atoms with Crippen LogP contribution in [0.1, 0.15) is 41.0 Å². The van der Waals surface area contributed by atoms with E-state index in [2.05, 4.69) is 52.9 Å². The number of carbonyl (C=O) groups is 1. The van der Waals surface area contributed by atoms with Gasteiger partial charge in [-0.2, -0.15) is 0 Å². The standard InChI is InChI=1S/C28H41N7O4/c1-7-20(27(4,5)6)10-9-18(2)33-26(36)30-12-8-13-34-15-22-23(39-19(34)3)28(37,16-38-22)35-14-11-21-24(29)31-17-32-25(21)35/h7,9-11,14,17,19,22-23,37H,1,8,12-13,15-16H2,2-6H3,(H2,29,31,32)(H2,30,33,36)/b18-9+,20-10+/t19?,22-,23-,28+/m1/s1. The molecule has 2 amide bonds. The maximum atomic E-state index is 12.3. The lowest BCUT2D eigenvalue weighted by Gasteiger charge is -2.42. The highest BCUT2D eigenvalue weighted by Crippen LogP contribution is 2.38. The number of hydrogen-bond acceptors (Lipinski definition) is 8. The van der Waals surface area contributed by atoms with Crippen LogP contribution in [0.4, 0.5) is 10.6 Å². The second-order valence-electron chi connectivity index (χ2n) is 11.2. The fraction of sp³-hybridized carbons (Fsp3) is 0.536. The summed E-state index contributed by atoms with van der Waals surface area (Å²) >= 11 is 0. The number of urea groups is 1. The first kappa shape index (κ1) is 28.8. The Morgan fingerprint density at radius 2 is 2.13 bits per heavy atom. The van der Waals surface area contributed by atoms with Crippen molar-refractivity contribution in [2.75, 3.05) is 32.0 Å². The van der Waals surface area contributed by atoms with Gasteiger partial charge in [-0.25, -0.2) is 14.8 Å². The lowest BCUT2D eigenvalue weighted by atomic mass is 9.86. The Labute approximate surface area is 229 Å². The van der Waals surface area contributed by atoms with Crippen molar-refractivity contribution in [2.45, 2.75) is 65.2 Å². The molecule has 4 rings (SSSR count). The van der Waals surface area contributed by atoms with Crippen LogP contribution in [0.15, 0.2) is 54.7 Å². The Bertz CT molecular complexity index is 1260. The van der Waals surface area contributed by atoms with Gasteiger partial charge in [0.2, 0.25) is 0 Å². The van der Waals surface area contributed by atoms with Gasteiger partial charge in [0.25, 0.3) is 0 Å². The van der Waals surface area contributed by atoms with Gasteiger partial charge >= 0.3 is 6.03 Å². The van der Waals surface area contributed by atoms with E-state index in [-0.39, 0.29) is 30.4 Å². The smallest absolute Gasteiger partial charge is 0.318 e. The molecule has 2 aliphatic heterocycles. The second-order valence-corrected chi connectivity index (χ2v) is 11.2. The van der Waals surface area contributed by atoms with E-state index in [1.54, 1.807) is 16.8 Å². The Morgan fingerprint density at radius 3 is 2.85 bits per heavy atom. The van der Waals surface area contributed by atoms with Gasteiger partial charge in [0, 0.05) is 31.5 Å². The van der Waals surface area contributed by atoms with E-state index in [1.165, 1.54) is 6.33 Å². The number of aromatic nitrogens is 3. The number of nitrogen functional groups attached to an aromatic ring is 1. The van der Waals surface area contributed by atoms with E-state index in [1.807, 2.05) is 32.1 Å². The van der Waals surface area contributed by atoms with Gasteiger partial charge in [-0.3, -0.25) is 9.47 Å². The van der Waals surface area contributed by atoms with Crippen LogP contribution in [0, 0.1) is 5.41 Å². The number of amides is 2. The van der Waals surface area contributed by atoms with E-state index in [9.17, 15) is 9.90 Å². The number of anilines is 1. The number of nitrogens with zero attached hydrogens (tertiary/aromatic N) is 4. The predicted molar refractivity (Wildman–Crippen MR) is 150 cm³/mol.